The van der Waals surface area contributed by atoms with Crippen molar-refractivity contribution in [2.24, 2.45) is 4.99 Å². The molecule has 0 aromatic carbocycles. The summed E-state index contributed by atoms with van der Waals surface area (Å²) in [7, 11) is -1.19. The van der Waals surface area contributed by atoms with Crippen molar-refractivity contribution in [1.29, 1.82) is 0 Å². The molecule has 1 aliphatic rings. The lowest BCUT2D eigenvalue weighted by Gasteiger charge is -2.28. The molecule has 1 aromatic rings. The zero-order chi connectivity index (χ0) is 18.3. The molecule has 1 saturated heterocycles. The van der Waals surface area contributed by atoms with Gasteiger partial charge in [0.1, 0.15) is 9.84 Å². The summed E-state index contributed by atoms with van der Waals surface area (Å²) < 4.78 is 22.6. The summed E-state index contributed by atoms with van der Waals surface area (Å²) in [6, 6.07) is 4.70. The molecular weight excluding hydrogens is 483 g/mol. The SMILES string of the molecule is CN=C(NCC(c1cccs1)N1CCCC1)NC(C)CCS(C)(=O)=O.I. The topological polar surface area (TPSA) is 73.8 Å². The van der Waals surface area contributed by atoms with Crippen LogP contribution in [0, 0.1) is 0 Å². The fourth-order valence-electron chi connectivity index (χ4n) is 3.03. The number of hydrogen-bond acceptors (Lipinski definition) is 5. The summed E-state index contributed by atoms with van der Waals surface area (Å²) in [5, 5.41) is 8.83. The summed E-state index contributed by atoms with van der Waals surface area (Å²) in [6.45, 7) is 5.05. The van der Waals surface area contributed by atoms with Gasteiger partial charge in [0.25, 0.3) is 0 Å². The maximum absolute atomic E-state index is 11.3. The molecule has 9 heteroatoms. The third-order valence-corrected chi connectivity index (χ3v) is 6.40. The first kappa shape index (κ1) is 23.6. The largest absolute Gasteiger partial charge is 0.354 e. The van der Waals surface area contributed by atoms with E-state index in [-0.39, 0.29) is 35.8 Å². The fourth-order valence-corrected chi connectivity index (χ4v) is 4.67. The van der Waals surface area contributed by atoms with Crippen LogP contribution in [0.15, 0.2) is 22.5 Å². The predicted octanol–water partition coefficient (Wildman–Crippen LogP) is 2.49. The number of sulfone groups is 1. The van der Waals surface area contributed by atoms with E-state index in [0.29, 0.717) is 12.5 Å². The number of nitrogens with one attached hydrogen (secondary N) is 2. The minimum absolute atomic E-state index is 0. The van der Waals surface area contributed by atoms with E-state index in [1.54, 1.807) is 18.4 Å². The first-order valence-electron chi connectivity index (χ1n) is 8.81. The summed E-state index contributed by atoms with van der Waals surface area (Å²) in [6.07, 6.45) is 4.36. The summed E-state index contributed by atoms with van der Waals surface area (Å²) in [5.41, 5.74) is 0. The second-order valence-corrected chi connectivity index (χ2v) is 9.93. The molecule has 2 heterocycles. The Kier molecular flexibility index (Phi) is 10.4. The van der Waals surface area contributed by atoms with Crippen molar-refractivity contribution in [1.82, 2.24) is 15.5 Å². The number of likely N-dealkylation sites (tertiary alicyclic amines) is 1. The van der Waals surface area contributed by atoms with Crippen LogP contribution < -0.4 is 10.6 Å². The Morgan fingerprint density at radius 1 is 1.38 bits per heavy atom. The van der Waals surface area contributed by atoms with E-state index in [9.17, 15) is 8.42 Å². The second-order valence-electron chi connectivity index (χ2n) is 6.69. The van der Waals surface area contributed by atoms with E-state index in [2.05, 4.69) is 38.0 Å². The van der Waals surface area contributed by atoms with Gasteiger partial charge in [-0.05, 0) is 50.7 Å². The lowest BCUT2D eigenvalue weighted by Crippen LogP contribution is -2.45. The van der Waals surface area contributed by atoms with E-state index in [1.807, 2.05) is 6.92 Å². The van der Waals surface area contributed by atoms with Crippen molar-refractivity contribution in [3.05, 3.63) is 22.4 Å². The van der Waals surface area contributed by atoms with E-state index < -0.39 is 9.84 Å². The molecule has 0 amide bonds. The molecule has 6 nitrogen and oxygen atoms in total. The van der Waals surface area contributed by atoms with Crippen LogP contribution in [0.3, 0.4) is 0 Å². The number of aliphatic imine (C=N–C) groups is 1. The molecule has 26 heavy (non-hydrogen) atoms. The molecule has 2 unspecified atom stereocenters. The minimum atomic E-state index is -2.93. The number of thiophene rings is 1. The zero-order valence-corrected chi connectivity index (χ0v) is 19.7. The smallest absolute Gasteiger partial charge is 0.191 e. The molecule has 2 rings (SSSR count). The van der Waals surface area contributed by atoms with E-state index in [0.717, 1.165) is 25.6 Å². The minimum Gasteiger partial charge on any atom is -0.354 e. The van der Waals surface area contributed by atoms with Crippen LogP contribution in [0.2, 0.25) is 0 Å². The van der Waals surface area contributed by atoms with Gasteiger partial charge in [-0.2, -0.15) is 0 Å². The van der Waals surface area contributed by atoms with Gasteiger partial charge in [0, 0.05) is 30.8 Å². The van der Waals surface area contributed by atoms with Crippen molar-refractivity contribution in [2.45, 2.75) is 38.3 Å². The van der Waals surface area contributed by atoms with Crippen LogP contribution in [0.1, 0.15) is 37.1 Å². The highest BCUT2D eigenvalue weighted by Crippen LogP contribution is 2.27. The maximum atomic E-state index is 11.3. The number of halogens is 1. The second kappa shape index (κ2) is 11.5. The van der Waals surface area contributed by atoms with Gasteiger partial charge in [-0.25, -0.2) is 8.42 Å². The van der Waals surface area contributed by atoms with Gasteiger partial charge < -0.3 is 10.6 Å². The average Bonchev–Trinajstić information content (AvgIpc) is 3.25. The van der Waals surface area contributed by atoms with Crippen LogP contribution in [0.25, 0.3) is 0 Å². The number of rotatable bonds is 8. The molecular formula is C17H31IN4O2S2. The monoisotopic (exact) mass is 514 g/mol. The van der Waals surface area contributed by atoms with Crippen LogP contribution in [-0.4, -0.2) is 64.0 Å². The normalized spacial score (nSPS) is 18.2. The molecule has 0 aliphatic carbocycles. The van der Waals surface area contributed by atoms with Gasteiger partial charge >= 0.3 is 0 Å². The molecule has 150 valence electrons. The molecule has 2 N–H and O–H groups in total. The third-order valence-electron chi connectivity index (χ3n) is 4.44. The Hall–Kier alpha value is -0.390. The van der Waals surface area contributed by atoms with E-state index in [1.165, 1.54) is 24.0 Å². The Balaban J connectivity index is 0.00000338. The van der Waals surface area contributed by atoms with E-state index in [4.69, 9.17) is 0 Å². The summed E-state index contributed by atoms with van der Waals surface area (Å²) in [5.74, 6) is 0.908. The summed E-state index contributed by atoms with van der Waals surface area (Å²) >= 11 is 1.79. The lowest BCUT2D eigenvalue weighted by molar-refractivity contribution is 0.249. The van der Waals surface area contributed by atoms with E-state index >= 15 is 0 Å². The van der Waals surface area contributed by atoms with Gasteiger partial charge in [0.2, 0.25) is 0 Å². The van der Waals surface area contributed by atoms with Gasteiger partial charge in [-0.3, -0.25) is 9.89 Å². The Morgan fingerprint density at radius 3 is 2.62 bits per heavy atom. The molecule has 1 fully saturated rings. The Bertz CT molecular complexity index is 644. The molecule has 2 atom stereocenters. The number of hydrogen-bond donors (Lipinski definition) is 2. The van der Waals surface area contributed by atoms with Crippen LogP contribution in [0.5, 0.6) is 0 Å². The Labute approximate surface area is 178 Å². The summed E-state index contributed by atoms with van der Waals surface area (Å²) in [4.78, 5) is 8.18. The highest BCUT2D eigenvalue weighted by Gasteiger charge is 2.24. The predicted molar refractivity (Wildman–Crippen MR) is 122 cm³/mol. The standard InChI is InChI=1S/C17H30N4O2S2.HI/c1-14(8-12-25(3,22)23)20-17(18-2)19-13-15(16-7-6-11-24-16)21-9-4-5-10-21;/h6-7,11,14-15H,4-5,8-10,12-13H2,1-3H3,(H2,18,19,20);1H. The third kappa shape index (κ3) is 8.10. The molecule has 0 saturated carbocycles. The first-order chi connectivity index (χ1) is 11.9. The fraction of sp³-hybridized carbons (Fsp3) is 0.706. The van der Waals surface area contributed by atoms with Crippen molar-refractivity contribution in [3.8, 4) is 0 Å². The van der Waals surface area contributed by atoms with Crippen molar-refractivity contribution < 1.29 is 8.42 Å². The highest BCUT2D eigenvalue weighted by molar-refractivity contribution is 14.0. The van der Waals surface area contributed by atoms with Gasteiger partial charge in [0.15, 0.2) is 5.96 Å². The van der Waals surface area contributed by atoms with Gasteiger partial charge in [-0.15, -0.1) is 35.3 Å². The maximum Gasteiger partial charge on any atom is 0.191 e. The lowest BCUT2D eigenvalue weighted by atomic mass is 10.2. The van der Waals surface area contributed by atoms with Crippen molar-refractivity contribution in [2.75, 3.05) is 38.7 Å². The van der Waals surface area contributed by atoms with Crippen LogP contribution >= 0.6 is 35.3 Å². The first-order valence-corrected chi connectivity index (χ1v) is 11.8. The molecule has 1 aliphatic heterocycles. The van der Waals surface area contributed by atoms with Gasteiger partial charge in [-0.1, -0.05) is 6.07 Å². The van der Waals surface area contributed by atoms with Crippen molar-refractivity contribution >= 4 is 51.1 Å². The number of nitrogens with zero attached hydrogens (tertiary/aromatic N) is 2. The number of guanidine groups is 1. The molecule has 0 bridgehead atoms. The van der Waals surface area contributed by atoms with Gasteiger partial charge in [0.05, 0.1) is 11.8 Å². The zero-order valence-electron chi connectivity index (χ0n) is 15.8. The van der Waals surface area contributed by atoms with Crippen LogP contribution in [-0.2, 0) is 9.84 Å². The average molecular weight is 514 g/mol. The molecule has 0 radical (unpaired) electrons. The van der Waals surface area contributed by atoms with Crippen molar-refractivity contribution in [3.63, 3.8) is 0 Å². The Morgan fingerprint density at radius 2 is 2.08 bits per heavy atom. The quantitative estimate of drug-likeness (QED) is 0.317. The highest BCUT2D eigenvalue weighted by atomic mass is 127. The molecule has 1 aromatic heterocycles. The molecule has 0 spiro atoms. The van der Waals surface area contributed by atoms with Crippen LogP contribution in [0.4, 0.5) is 0 Å².